The maximum Gasteiger partial charge on any atom is 0.335 e. The molecule has 2 aliphatic rings. The Morgan fingerprint density at radius 3 is 2.15 bits per heavy atom. The van der Waals surface area contributed by atoms with E-state index in [9.17, 15) is 27.9 Å². The lowest BCUT2D eigenvalue weighted by molar-refractivity contribution is -0.126. The Morgan fingerprint density at radius 1 is 0.950 bits per heavy atom. The fraction of sp³-hybridized carbons (Fsp3) is 0.333. The molecule has 0 bridgehead atoms. The fourth-order valence-corrected chi connectivity index (χ4v) is 6.11. The third-order valence-corrected chi connectivity index (χ3v) is 7.84. The van der Waals surface area contributed by atoms with E-state index in [1.54, 1.807) is 18.2 Å². The van der Waals surface area contributed by atoms with Gasteiger partial charge >= 0.3 is 5.97 Å². The van der Waals surface area contributed by atoms with Crippen LogP contribution in [0.3, 0.4) is 0 Å². The summed E-state index contributed by atoms with van der Waals surface area (Å²) < 4.78 is 48.5. The minimum Gasteiger partial charge on any atom is -0.478 e. The van der Waals surface area contributed by atoms with Crippen LogP contribution in [0.4, 0.5) is 30.2 Å². The Kier molecular flexibility index (Phi) is 7.71. The van der Waals surface area contributed by atoms with Gasteiger partial charge in [0, 0.05) is 24.9 Å². The topological polar surface area (TPSA) is 99.7 Å². The second-order valence-electron chi connectivity index (χ2n) is 10.3. The third-order valence-electron chi connectivity index (χ3n) is 7.84. The maximum atomic E-state index is 14.3. The third kappa shape index (κ3) is 5.23. The van der Waals surface area contributed by atoms with Crippen LogP contribution in [-0.2, 0) is 9.53 Å². The normalized spacial score (nSPS) is 17.7. The molecular weight excluding hydrogens is 523 g/mol. The fourth-order valence-electron chi connectivity index (χ4n) is 6.11. The van der Waals surface area contributed by atoms with Gasteiger partial charge in [-0.2, -0.15) is 0 Å². The predicted octanol–water partition coefficient (Wildman–Crippen LogP) is 6.56. The number of halogens is 3. The first-order chi connectivity index (χ1) is 19.2. The van der Waals surface area contributed by atoms with Gasteiger partial charge in [0.05, 0.1) is 22.9 Å². The molecule has 3 aromatic rings. The summed E-state index contributed by atoms with van der Waals surface area (Å²) in [5, 5.41) is 18.9. The molecule has 1 fully saturated rings. The van der Waals surface area contributed by atoms with Gasteiger partial charge in [-0.15, -0.1) is 0 Å². The minimum absolute atomic E-state index is 0.0123. The van der Waals surface area contributed by atoms with Gasteiger partial charge in [-0.3, -0.25) is 4.79 Å². The van der Waals surface area contributed by atoms with E-state index in [2.05, 4.69) is 16.0 Å². The van der Waals surface area contributed by atoms with Gasteiger partial charge in [0.15, 0.2) is 17.3 Å². The molecule has 4 N–H and O–H groups in total. The van der Waals surface area contributed by atoms with E-state index in [4.69, 9.17) is 4.74 Å². The number of anilines is 3. The number of benzene rings is 3. The van der Waals surface area contributed by atoms with Crippen molar-refractivity contribution in [1.29, 1.82) is 0 Å². The van der Waals surface area contributed by atoms with E-state index >= 15 is 0 Å². The predicted molar refractivity (Wildman–Crippen MR) is 145 cm³/mol. The summed E-state index contributed by atoms with van der Waals surface area (Å²) in [5.74, 6) is -5.15. The molecule has 2 unspecified atom stereocenters. The van der Waals surface area contributed by atoms with Crippen LogP contribution in [0.5, 0.6) is 0 Å². The molecule has 1 saturated carbocycles. The van der Waals surface area contributed by atoms with Crippen LogP contribution in [0.25, 0.3) is 0 Å². The Morgan fingerprint density at radius 2 is 1.57 bits per heavy atom. The first kappa shape index (κ1) is 27.5. The SMILES string of the molecule is COC(c1ccc(F)cc1)C1(C(C(=O)Nc2cccc(C(=O)O)c2)C2CCCCC2)Nc2cc(F)c(F)cc2N1. The molecule has 1 aliphatic heterocycles. The molecule has 10 heteroatoms. The molecule has 0 radical (unpaired) electrons. The van der Waals surface area contributed by atoms with Gasteiger partial charge in [0.2, 0.25) is 5.91 Å². The van der Waals surface area contributed by atoms with Gasteiger partial charge in [0.25, 0.3) is 0 Å². The van der Waals surface area contributed by atoms with Gasteiger partial charge < -0.3 is 25.8 Å². The minimum atomic E-state index is -1.44. The van der Waals surface area contributed by atoms with Gasteiger partial charge in [-0.05, 0) is 54.7 Å². The van der Waals surface area contributed by atoms with Crippen molar-refractivity contribution in [3.8, 4) is 0 Å². The molecule has 0 aromatic heterocycles. The molecule has 40 heavy (non-hydrogen) atoms. The Labute approximate surface area is 229 Å². The van der Waals surface area contributed by atoms with Crippen LogP contribution in [0.15, 0.2) is 60.7 Å². The van der Waals surface area contributed by atoms with Crippen molar-refractivity contribution in [2.24, 2.45) is 11.8 Å². The molecule has 210 valence electrons. The summed E-state index contributed by atoms with van der Waals surface area (Å²) in [4.78, 5) is 25.8. The second kappa shape index (κ2) is 11.2. The smallest absolute Gasteiger partial charge is 0.335 e. The highest BCUT2D eigenvalue weighted by Gasteiger charge is 2.56. The van der Waals surface area contributed by atoms with Crippen molar-refractivity contribution in [3.63, 3.8) is 0 Å². The van der Waals surface area contributed by atoms with Crippen molar-refractivity contribution < 1.29 is 32.6 Å². The Bertz CT molecular complexity index is 1380. The lowest BCUT2D eigenvalue weighted by Gasteiger charge is -2.46. The first-order valence-corrected chi connectivity index (χ1v) is 13.2. The highest BCUT2D eigenvalue weighted by molar-refractivity contribution is 5.97. The highest BCUT2D eigenvalue weighted by Crippen LogP contribution is 2.50. The molecule has 2 atom stereocenters. The van der Waals surface area contributed by atoms with E-state index in [1.165, 1.54) is 37.4 Å². The van der Waals surface area contributed by atoms with E-state index in [1.807, 2.05) is 0 Å². The second-order valence-corrected chi connectivity index (χ2v) is 10.3. The quantitative estimate of drug-likeness (QED) is 0.252. The number of rotatable bonds is 8. The van der Waals surface area contributed by atoms with Gasteiger partial charge in [-0.1, -0.05) is 37.5 Å². The molecule has 3 aromatic carbocycles. The highest BCUT2D eigenvalue weighted by atomic mass is 19.2. The molecule has 1 heterocycles. The van der Waals surface area contributed by atoms with Crippen LogP contribution in [-0.4, -0.2) is 29.8 Å². The summed E-state index contributed by atoms with van der Waals surface area (Å²) in [5.41, 5.74) is -0.0817. The lowest BCUT2D eigenvalue weighted by atomic mass is 9.70. The molecule has 1 amide bonds. The number of ether oxygens (including phenoxy) is 1. The van der Waals surface area contributed by atoms with Crippen molar-refractivity contribution in [2.75, 3.05) is 23.1 Å². The summed E-state index contributed by atoms with van der Waals surface area (Å²) in [6, 6.07) is 13.6. The summed E-state index contributed by atoms with van der Waals surface area (Å²) in [6.45, 7) is 0. The molecule has 7 nitrogen and oxygen atoms in total. The zero-order chi connectivity index (χ0) is 28.4. The molecule has 0 spiro atoms. The largest absolute Gasteiger partial charge is 0.478 e. The molecule has 5 rings (SSSR count). The van der Waals surface area contributed by atoms with Crippen molar-refractivity contribution in [2.45, 2.75) is 43.9 Å². The lowest BCUT2D eigenvalue weighted by Crippen LogP contribution is -2.60. The number of amides is 1. The molecule has 0 saturated heterocycles. The van der Waals surface area contributed by atoms with E-state index in [-0.39, 0.29) is 22.9 Å². The standard InChI is InChI=1S/C30H30F3N3O4/c1-40-27(18-10-12-20(31)13-11-18)30(35-24-15-22(32)23(33)16-25(24)36-30)26(17-6-3-2-4-7-17)28(37)34-21-9-5-8-19(14-21)29(38)39/h5,8-17,26-27,35-36H,2-4,6-7H2,1H3,(H,34,37)(H,38,39). The zero-order valence-corrected chi connectivity index (χ0v) is 21.8. The van der Waals surface area contributed by atoms with Crippen LogP contribution >= 0.6 is 0 Å². The Hall–Kier alpha value is -4.05. The van der Waals surface area contributed by atoms with Crippen LogP contribution < -0.4 is 16.0 Å². The number of hydrogen-bond acceptors (Lipinski definition) is 5. The number of methoxy groups -OCH3 is 1. The van der Waals surface area contributed by atoms with Crippen molar-refractivity contribution >= 4 is 28.9 Å². The monoisotopic (exact) mass is 553 g/mol. The van der Waals surface area contributed by atoms with Gasteiger partial charge in [0.1, 0.15) is 11.9 Å². The van der Waals surface area contributed by atoms with Crippen molar-refractivity contribution in [3.05, 3.63) is 89.2 Å². The number of aromatic carboxylic acids is 1. The van der Waals surface area contributed by atoms with E-state index < -0.39 is 47.0 Å². The molecule has 1 aliphatic carbocycles. The average Bonchev–Trinajstić information content (AvgIpc) is 3.29. The number of carboxylic acids is 1. The van der Waals surface area contributed by atoms with Crippen LogP contribution in [0.2, 0.25) is 0 Å². The van der Waals surface area contributed by atoms with Gasteiger partial charge in [-0.25, -0.2) is 18.0 Å². The summed E-state index contributed by atoms with van der Waals surface area (Å²) in [6.07, 6.45) is 3.33. The molecular formula is C30H30F3N3O4. The van der Waals surface area contributed by atoms with E-state index in [0.29, 0.717) is 11.3 Å². The first-order valence-electron chi connectivity index (χ1n) is 13.2. The number of fused-ring (bicyclic) bond motifs is 1. The average molecular weight is 554 g/mol. The summed E-state index contributed by atoms with van der Waals surface area (Å²) in [7, 11) is 1.45. The zero-order valence-electron chi connectivity index (χ0n) is 21.8. The van der Waals surface area contributed by atoms with Crippen LogP contribution in [0, 0.1) is 29.3 Å². The number of carboxylic acid groups (broad SMARTS) is 1. The summed E-state index contributed by atoms with van der Waals surface area (Å²) >= 11 is 0. The van der Waals surface area contributed by atoms with E-state index in [0.717, 1.165) is 44.2 Å². The van der Waals surface area contributed by atoms with Crippen molar-refractivity contribution in [1.82, 2.24) is 0 Å². The number of hydrogen-bond donors (Lipinski definition) is 4. The number of carbonyl (C=O) groups is 2. The van der Waals surface area contributed by atoms with Crippen LogP contribution in [0.1, 0.15) is 54.1 Å². The Balaban J connectivity index is 1.64. The number of nitrogens with one attached hydrogen (secondary N) is 3. The number of carbonyl (C=O) groups excluding carboxylic acids is 1. The maximum absolute atomic E-state index is 14.3.